The minimum absolute atomic E-state index is 0.00954. The minimum Gasteiger partial charge on any atom is -0.484 e. The Morgan fingerprint density at radius 2 is 1.69 bits per heavy atom. The van der Waals surface area contributed by atoms with Gasteiger partial charge >= 0.3 is 11.0 Å². The number of hydrogen-bond acceptors (Lipinski definition) is 7. The molecule has 4 aromatic rings. The van der Waals surface area contributed by atoms with Crippen molar-refractivity contribution in [2.24, 2.45) is 29.6 Å². The minimum atomic E-state index is -4.53. The van der Waals surface area contributed by atoms with E-state index in [-0.39, 0.29) is 51.3 Å². The molecule has 2 bridgehead atoms. The van der Waals surface area contributed by atoms with E-state index in [2.05, 4.69) is 26.2 Å². The summed E-state index contributed by atoms with van der Waals surface area (Å²) < 4.78 is 45.6. The van der Waals surface area contributed by atoms with Crippen LogP contribution in [0.1, 0.15) is 28.3 Å². The first-order valence-electron chi connectivity index (χ1n) is 15.2. The number of halogens is 4. The highest BCUT2D eigenvalue weighted by Crippen LogP contribution is 2.68. The molecule has 14 heteroatoms. The predicted molar refractivity (Wildman–Crippen MR) is 177 cm³/mol. The Morgan fingerprint density at radius 1 is 0.979 bits per heavy atom. The SMILES string of the molecule is O=C(COc1ccc([C@H]2c3sc(=O)[nH]c3SC3C4CC(C5C(=O)N(c6ccc(Br)cc6)C(=O)C45)C32)cc1)Nc1cccc(C(F)(F)F)c1. The lowest BCUT2D eigenvalue weighted by molar-refractivity contribution is -0.137. The van der Waals surface area contributed by atoms with Gasteiger partial charge in [0.2, 0.25) is 11.8 Å². The lowest BCUT2D eigenvalue weighted by atomic mass is 9.68. The summed E-state index contributed by atoms with van der Waals surface area (Å²) in [6.07, 6.45) is -3.77. The van der Waals surface area contributed by atoms with Gasteiger partial charge in [-0.05, 0) is 84.3 Å². The van der Waals surface area contributed by atoms with E-state index in [1.54, 1.807) is 36.0 Å². The second kappa shape index (κ2) is 11.6. The van der Waals surface area contributed by atoms with Crippen LogP contribution >= 0.6 is 39.0 Å². The number of aromatic amines is 1. The van der Waals surface area contributed by atoms with Crippen LogP contribution in [0.15, 0.2) is 87.1 Å². The number of thioether (sulfide) groups is 1. The van der Waals surface area contributed by atoms with Crippen molar-refractivity contribution in [2.45, 2.75) is 28.8 Å². The van der Waals surface area contributed by atoms with Crippen LogP contribution < -0.4 is 19.8 Å². The van der Waals surface area contributed by atoms with Crippen molar-refractivity contribution >= 4 is 68.1 Å². The van der Waals surface area contributed by atoms with Gasteiger partial charge in [0, 0.05) is 26.2 Å². The summed E-state index contributed by atoms with van der Waals surface area (Å²) in [5, 5.41) is 3.27. The Labute approximate surface area is 288 Å². The quantitative estimate of drug-likeness (QED) is 0.207. The number of ether oxygens (including phenoxy) is 1. The van der Waals surface area contributed by atoms with Gasteiger partial charge in [-0.3, -0.25) is 24.1 Å². The lowest BCUT2D eigenvalue weighted by Crippen LogP contribution is -2.42. The maximum atomic E-state index is 13.9. The van der Waals surface area contributed by atoms with Gasteiger partial charge in [0.05, 0.1) is 28.1 Å². The summed E-state index contributed by atoms with van der Waals surface area (Å²) in [5.41, 5.74) is 0.632. The fourth-order valence-electron chi connectivity index (χ4n) is 8.13. The Kier molecular flexibility index (Phi) is 7.60. The molecule has 2 aliphatic heterocycles. The topological polar surface area (TPSA) is 109 Å². The Morgan fingerprint density at radius 3 is 2.40 bits per heavy atom. The molecule has 1 saturated heterocycles. The van der Waals surface area contributed by atoms with E-state index in [1.165, 1.54) is 17.0 Å². The highest BCUT2D eigenvalue weighted by molar-refractivity contribution is 9.10. The molecule has 0 spiro atoms. The highest BCUT2D eigenvalue weighted by Gasteiger charge is 2.69. The third-order valence-electron chi connectivity index (χ3n) is 9.89. The van der Waals surface area contributed by atoms with Crippen LogP contribution in [-0.4, -0.2) is 34.6 Å². The van der Waals surface area contributed by atoms with Crippen molar-refractivity contribution in [3.63, 3.8) is 0 Å². The molecule has 0 radical (unpaired) electrons. The van der Waals surface area contributed by atoms with Gasteiger partial charge in [0.1, 0.15) is 5.75 Å². The zero-order valence-electron chi connectivity index (χ0n) is 24.7. The average molecular weight is 757 g/mol. The number of alkyl halides is 3. The van der Waals surface area contributed by atoms with Gasteiger partial charge in [-0.25, -0.2) is 0 Å². The van der Waals surface area contributed by atoms with E-state index in [9.17, 15) is 32.3 Å². The maximum Gasteiger partial charge on any atom is 0.416 e. The molecule has 2 N–H and O–H groups in total. The summed E-state index contributed by atoms with van der Waals surface area (Å²) in [6.45, 7) is -0.415. The second-order valence-electron chi connectivity index (χ2n) is 12.4. The molecular weight excluding hydrogens is 731 g/mol. The first-order chi connectivity index (χ1) is 23.0. The molecule has 8 nitrogen and oxygen atoms in total. The number of amides is 3. The number of hydrogen-bond donors (Lipinski definition) is 2. The van der Waals surface area contributed by atoms with Crippen molar-refractivity contribution in [2.75, 3.05) is 16.8 Å². The summed E-state index contributed by atoms with van der Waals surface area (Å²) in [7, 11) is 0. The summed E-state index contributed by atoms with van der Waals surface area (Å²) >= 11 is 6.19. The monoisotopic (exact) mass is 755 g/mol. The number of benzene rings is 3. The normalized spacial score (nSPS) is 27.1. The first-order valence-corrected chi connectivity index (χ1v) is 17.7. The zero-order chi connectivity index (χ0) is 33.5. The second-order valence-corrected chi connectivity index (χ2v) is 15.6. The van der Waals surface area contributed by atoms with E-state index >= 15 is 0 Å². The molecular formula is C34H25BrF3N3O5S2. The molecule has 48 heavy (non-hydrogen) atoms. The van der Waals surface area contributed by atoms with E-state index in [4.69, 9.17) is 4.74 Å². The molecule has 2 saturated carbocycles. The number of thiazole rings is 1. The highest BCUT2D eigenvalue weighted by atomic mass is 79.9. The van der Waals surface area contributed by atoms with Gasteiger partial charge in [-0.1, -0.05) is 45.5 Å². The maximum absolute atomic E-state index is 13.9. The van der Waals surface area contributed by atoms with Crippen LogP contribution in [0.2, 0.25) is 0 Å². The third kappa shape index (κ3) is 5.19. The fraction of sp³-hybridized carbons (Fsp3) is 0.294. The number of anilines is 2. The van der Waals surface area contributed by atoms with Crippen molar-refractivity contribution < 1.29 is 32.3 Å². The molecule has 3 fully saturated rings. The van der Waals surface area contributed by atoms with Gasteiger partial charge < -0.3 is 15.0 Å². The molecule has 6 unspecified atom stereocenters. The van der Waals surface area contributed by atoms with Crippen molar-refractivity contribution in [1.82, 2.24) is 4.98 Å². The van der Waals surface area contributed by atoms with Crippen molar-refractivity contribution in [3.05, 3.63) is 103 Å². The van der Waals surface area contributed by atoms with Crippen LogP contribution in [0.5, 0.6) is 5.75 Å². The van der Waals surface area contributed by atoms with Gasteiger partial charge in [0.25, 0.3) is 5.91 Å². The van der Waals surface area contributed by atoms with E-state index in [0.29, 0.717) is 11.4 Å². The number of carbonyl (C=O) groups is 3. The molecule has 4 aliphatic rings. The standard InChI is InChI=1S/C34H25BrF3N3O5S2/c35-17-6-8-19(9-7-17)41-31(43)26-21-13-22(27(26)32(41)44)28-25(21)24(29-30(47-28)40-33(45)48-29)15-4-10-20(11-5-15)46-14-23(42)39-18-3-1-2-16(12-18)34(36,37)38/h1-12,21-22,24-28H,13-14H2,(H,39,42)(H,40,45)/t21?,22?,24-,25?,26?,27?,28?/m1/s1. The van der Waals surface area contributed by atoms with Gasteiger partial charge in [-0.2, -0.15) is 13.2 Å². The van der Waals surface area contributed by atoms with Gasteiger partial charge in [-0.15, -0.1) is 11.8 Å². The Bertz CT molecular complexity index is 2020. The number of rotatable bonds is 6. The molecule has 7 atom stereocenters. The Balaban J connectivity index is 1.02. The fourth-order valence-corrected chi connectivity index (χ4v) is 11.3. The largest absolute Gasteiger partial charge is 0.484 e. The van der Waals surface area contributed by atoms with Crippen LogP contribution in [0.25, 0.3) is 0 Å². The van der Waals surface area contributed by atoms with Crippen LogP contribution in [-0.2, 0) is 20.6 Å². The number of carbonyl (C=O) groups excluding carboxylic acids is 3. The number of fused-ring (bicyclic) bond motifs is 9. The smallest absolute Gasteiger partial charge is 0.416 e. The molecule has 3 heterocycles. The van der Waals surface area contributed by atoms with Crippen molar-refractivity contribution in [1.29, 1.82) is 0 Å². The summed E-state index contributed by atoms with van der Waals surface area (Å²) in [6, 6.07) is 18.7. The lowest BCUT2D eigenvalue weighted by Gasteiger charge is -2.43. The van der Waals surface area contributed by atoms with Gasteiger partial charge in [0.15, 0.2) is 6.61 Å². The Hall–Kier alpha value is -3.88. The summed E-state index contributed by atoms with van der Waals surface area (Å²) in [4.78, 5) is 57.8. The molecule has 1 aromatic heterocycles. The third-order valence-corrected chi connectivity index (χ3v) is 13.0. The van der Waals surface area contributed by atoms with Crippen LogP contribution in [0, 0.1) is 29.6 Å². The molecule has 3 aromatic carbocycles. The first kappa shape index (κ1) is 31.4. The molecule has 3 amide bonds. The number of nitrogens with one attached hydrogen (secondary N) is 2. The van der Waals surface area contributed by atoms with E-state index in [0.717, 1.165) is 49.8 Å². The van der Waals surface area contributed by atoms with Crippen LogP contribution in [0.3, 0.4) is 0 Å². The molecule has 246 valence electrons. The van der Waals surface area contributed by atoms with Crippen molar-refractivity contribution in [3.8, 4) is 5.75 Å². The number of H-pyrrole nitrogens is 1. The summed E-state index contributed by atoms with van der Waals surface area (Å²) in [5.74, 6) is -1.59. The molecule has 8 rings (SSSR count). The average Bonchev–Trinajstić information content (AvgIpc) is 3.79. The van der Waals surface area contributed by atoms with E-state index in [1.807, 2.05) is 24.3 Å². The zero-order valence-corrected chi connectivity index (χ0v) is 27.9. The number of imide groups is 1. The number of aromatic nitrogens is 1. The molecule has 2 aliphatic carbocycles. The number of nitrogens with zero attached hydrogens (tertiary/aromatic N) is 1. The predicted octanol–water partition coefficient (Wildman–Crippen LogP) is 6.91. The van der Waals surface area contributed by atoms with E-state index < -0.39 is 36.1 Å². The van der Waals surface area contributed by atoms with Crippen LogP contribution in [0.4, 0.5) is 24.5 Å².